The van der Waals surface area contributed by atoms with E-state index in [1.807, 2.05) is 17.1 Å². The average molecular weight is 175 g/mol. The molecule has 0 aliphatic carbocycles. The molecule has 0 bridgehead atoms. The first kappa shape index (κ1) is 8.10. The molecular weight excluding hydrogens is 162 g/mol. The number of allylic oxidation sites excluding steroid dienone is 2. The van der Waals surface area contributed by atoms with Gasteiger partial charge in [0.15, 0.2) is 0 Å². The minimum Gasteiger partial charge on any atom is -0.354 e. The predicted octanol–water partition coefficient (Wildman–Crippen LogP) is 1.57. The third-order valence-electron chi connectivity index (χ3n) is 2.18. The molecule has 0 N–H and O–H groups in total. The van der Waals surface area contributed by atoms with Crippen molar-refractivity contribution in [3.05, 3.63) is 36.9 Å². The van der Waals surface area contributed by atoms with Crippen LogP contribution in [0.1, 0.15) is 6.92 Å². The van der Waals surface area contributed by atoms with Gasteiger partial charge in [0.1, 0.15) is 12.1 Å². The van der Waals surface area contributed by atoms with E-state index in [0.717, 1.165) is 13.1 Å². The third kappa shape index (κ3) is 1.49. The minimum absolute atomic E-state index is 0.987. The monoisotopic (exact) mass is 175 g/mol. The summed E-state index contributed by atoms with van der Waals surface area (Å²) < 4.78 is 2.03. The summed E-state index contributed by atoms with van der Waals surface area (Å²) in [5, 5.41) is 0. The fourth-order valence-electron chi connectivity index (χ4n) is 1.48. The van der Waals surface area contributed by atoms with E-state index in [-0.39, 0.29) is 0 Å². The lowest BCUT2D eigenvalue weighted by molar-refractivity contribution is 0.436. The van der Waals surface area contributed by atoms with Crippen LogP contribution in [0.2, 0.25) is 0 Å². The van der Waals surface area contributed by atoms with E-state index in [9.17, 15) is 0 Å². The van der Waals surface area contributed by atoms with Crippen LogP contribution in [0.4, 0.5) is 0 Å². The Hall–Kier alpha value is -1.51. The standard InChI is InChI=1S/C10H13N3/c1-2-12-7-4-3-5-10(12)13-8-6-11-9-13/h3-6,8-9H,2,7H2,1H3. The van der Waals surface area contributed by atoms with Crippen molar-refractivity contribution in [2.45, 2.75) is 6.92 Å². The van der Waals surface area contributed by atoms with E-state index in [1.54, 1.807) is 6.20 Å². The van der Waals surface area contributed by atoms with Crippen LogP contribution in [-0.2, 0) is 0 Å². The Kier molecular flexibility index (Phi) is 2.17. The number of rotatable bonds is 2. The Balaban J connectivity index is 2.30. The summed E-state index contributed by atoms with van der Waals surface area (Å²) in [7, 11) is 0. The van der Waals surface area contributed by atoms with Crippen LogP contribution in [0, 0.1) is 0 Å². The first-order valence-electron chi connectivity index (χ1n) is 4.52. The van der Waals surface area contributed by atoms with E-state index < -0.39 is 0 Å². The second-order valence-corrected chi connectivity index (χ2v) is 2.96. The Morgan fingerprint density at radius 3 is 3.15 bits per heavy atom. The van der Waals surface area contributed by atoms with Crippen LogP contribution in [-0.4, -0.2) is 27.5 Å². The molecule has 1 aliphatic rings. The van der Waals surface area contributed by atoms with Crippen LogP contribution < -0.4 is 0 Å². The van der Waals surface area contributed by atoms with Gasteiger partial charge in [-0.3, -0.25) is 4.57 Å². The highest BCUT2D eigenvalue weighted by atomic mass is 15.3. The van der Waals surface area contributed by atoms with E-state index in [0.29, 0.717) is 0 Å². The molecule has 0 aromatic carbocycles. The lowest BCUT2D eigenvalue weighted by atomic mass is 10.3. The van der Waals surface area contributed by atoms with Gasteiger partial charge in [0.05, 0.1) is 0 Å². The molecule has 3 heteroatoms. The Bertz CT molecular complexity index is 322. The van der Waals surface area contributed by atoms with Gasteiger partial charge in [0.2, 0.25) is 0 Å². The van der Waals surface area contributed by atoms with E-state index >= 15 is 0 Å². The summed E-state index contributed by atoms with van der Waals surface area (Å²) in [5.74, 6) is 1.20. The van der Waals surface area contributed by atoms with Crippen molar-refractivity contribution in [2.24, 2.45) is 0 Å². The third-order valence-corrected chi connectivity index (χ3v) is 2.18. The number of aromatic nitrogens is 2. The maximum atomic E-state index is 4.04. The molecule has 0 saturated carbocycles. The second-order valence-electron chi connectivity index (χ2n) is 2.96. The summed E-state index contributed by atoms with van der Waals surface area (Å²) in [4.78, 5) is 6.33. The first-order valence-corrected chi connectivity index (χ1v) is 4.52. The highest BCUT2D eigenvalue weighted by molar-refractivity contribution is 5.48. The molecule has 0 atom stereocenters. The molecule has 1 aromatic heterocycles. The zero-order valence-electron chi connectivity index (χ0n) is 7.72. The van der Waals surface area contributed by atoms with Crippen LogP contribution in [0.5, 0.6) is 0 Å². The van der Waals surface area contributed by atoms with Gasteiger partial charge >= 0.3 is 0 Å². The summed E-state index contributed by atoms with van der Waals surface area (Å²) in [6.07, 6.45) is 11.9. The summed E-state index contributed by atoms with van der Waals surface area (Å²) in [6, 6.07) is 0. The molecule has 2 rings (SSSR count). The van der Waals surface area contributed by atoms with Gasteiger partial charge in [-0.1, -0.05) is 12.2 Å². The summed E-state index contributed by atoms with van der Waals surface area (Å²) >= 11 is 0. The number of hydrogen-bond acceptors (Lipinski definition) is 2. The molecule has 0 amide bonds. The van der Waals surface area contributed by atoms with Gasteiger partial charge in [0.25, 0.3) is 0 Å². The molecule has 0 unspecified atom stereocenters. The van der Waals surface area contributed by atoms with Crippen molar-refractivity contribution in [2.75, 3.05) is 13.1 Å². The Morgan fingerprint density at radius 2 is 2.46 bits per heavy atom. The molecule has 0 spiro atoms. The minimum atomic E-state index is 0.987. The fourth-order valence-corrected chi connectivity index (χ4v) is 1.48. The zero-order valence-corrected chi connectivity index (χ0v) is 7.72. The van der Waals surface area contributed by atoms with Crippen LogP contribution in [0.3, 0.4) is 0 Å². The SMILES string of the molecule is CCN1CC=CC=C1n1ccnc1. The predicted molar refractivity (Wildman–Crippen MR) is 52.9 cm³/mol. The molecule has 1 aliphatic heterocycles. The molecule has 13 heavy (non-hydrogen) atoms. The highest BCUT2D eigenvalue weighted by Crippen LogP contribution is 2.14. The largest absolute Gasteiger partial charge is 0.354 e. The van der Waals surface area contributed by atoms with Gasteiger partial charge in [-0.05, 0) is 13.0 Å². The molecular formula is C10H13N3. The quantitative estimate of drug-likeness (QED) is 0.680. The van der Waals surface area contributed by atoms with Crippen molar-refractivity contribution in [1.29, 1.82) is 0 Å². The normalized spacial score (nSPS) is 16.1. The van der Waals surface area contributed by atoms with E-state index in [4.69, 9.17) is 0 Å². The van der Waals surface area contributed by atoms with Crippen molar-refractivity contribution in [3.63, 3.8) is 0 Å². The smallest absolute Gasteiger partial charge is 0.114 e. The molecule has 0 saturated heterocycles. The fraction of sp³-hybridized carbons (Fsp3) is 0.300. The summed E-state index contributed by atoms with van der Waals surface area (Å²) in [6.45, 7) is 4.17. The van der Waals surface area contributed by atoms with Gasteiger partial charge in [-0.2, -0.15) is 0 Å². The maximum absolute atomic E-state index is 4.04. The van der Waals surface area contributed by atoms with E-state index in [1.165, 1.54) is 5.82 Å². The van der Waals surface area contributed by atoms with Crippen LogP contribution in [0.15, 0.2) is 36.9 Å². The lowest BCUT2D eigenvalue weighted by Gasteiger charge is -2.26. The van der Waals surface area contributed by atoms with Crippen molar-refractivity contribution in [3.8, 4) is 0 Å². The molecule has 0 radical (unpaired) electrons. The lowest BCUT2D eigenvalue weighted by Crippen LogP contribution is -2.26. The first-order chi connectivity index (χ1) is 6.42. The van der Waals surface area contributed by atoms with Gasteiger partial charge in [0, 0.05) is 25.5 Å². The number of imidazole rings is 1. The molecule has 2 heterocycles. The Morgan fingerprint density at radius 1 is 1.54 bits per heavy atom. The Labute approximate surface area is 78.0 Å². The maximum Gasteiger partial charge on any atom is 0.114 e. The summed E-state index contributed by atoms with van der Waals surface area (Å²) in [5.41, 5.74) is 0. The molecule has 3 nitrogen and oxygen atoms in total. The van der Waals surface area contributed by atoms with Gasteiger partial charge in [-0.15, -0.1) is 0 Å². The van der Waals surface area contributed by atoms with Crippen LogP contribution in [0.25, 0.3) is 5.82 Å². The van der Waals surface area contributed by atoms with E-state index in [2.05, 4.69) is 35.0 Å². The number of nitrogens with zero attached hydrogens (tertiary/aromatic N) is 3. The van der Waals surface area contributed by atoms with Gasteiger partial charge in [-0.25, -0.2) is 4.98 Å². The molecule has 1 aromatic rings. The highest BCUT2D eigenvalue weighted by Gasteiger charge is 2.09. The van der Waals surface area contributed by atoms with Crippen molar-refractivity contribution >= 4 is 5.82 Å². The van der Waals surface area contributed by atoms with Gasteiger partial charge < -0.3 is 4.90 Å². The molecule has 0 fully saturated rings. The van der Waals surface area contributed by atoms with Crippen molar-refractivity contribution in [1.82, 2.24) is 14.5 Å². The second kappa shape index (κ2) is 3.47. The number of likely N-dealkylation sites (N-methyl/N-ethyl adjacent to an activating group) is 1. The number of hydrogen-bond donors (Lipinski definition) is 0. The van der Waals surface area contributed by atoms with Crippen molar-refractivity contribution < 1.29 is 0 Å². The molecule has 68 valence electrons. The van der Waals surface area contributed by atoms with Crippen LogP contribution >= 0.6 is 0 Å². The topological polar surface area (TPSA) is 21.1 Å². The zero-order chi connectivity index (χ0) is 9.10. The average Bonchev–Trinajstić information content (AvgIpc) is 2.70.